The van der Waals surface area contributed by atoms with E-state index >= 15 is 0 Å². The summed E-state index contributed by atoms with van der Waals surface area (Å²) in [6, 6.07) is 7.46. The van der Waals surface area contributed by atoms with Gasteiger partial charge in [0.2, 0.25) is 0 Å². The van der Waals surface area contributed by atoms with Gasteiger partial charge < -0.3 is 15.3 Å². The molecule has 3 N–H and O–H groups in total. The monoisotopic (exact) mass is 469 g/mol. The highest BCUT2D eigenvalue weighted by Crippen LogP contribution is 2.35. The van der Waals surface area contributed by atoms with Crippen molar-refractivity contribution in [1.82, 2.24) is 19.9 Å². The molecule has 1 aliphatic carbocycles. The van der Waals surface area contributed by atoms with Gasteiger partial charge in [-0.25, -0.2) is 4.98 Å². The number of pyridine rings is 1. The number of hydrogen-bond acceptors (Lipinski definition) is 5. The minimum Gasteiger partial charge on any atom is -0.381 e. The fourth-order valence-corrected chi connectivity index (χ4v) is 5.70. The molecule has 4 aromatic rings. The molecule has 1 fully saturated rings. The Morgan fingerprint density at radius 3 is 2.59 bits per heavy atom. The molecule has 0 spiro atoms. The summed E-state index contributed by atoms with van der Waals surface area (Å²) in [5, 5.41) is 5.51. The Morgan fingerprint density at radius 1 is 1.12 bits per heavy atom. The Balaban J connectivity index is 0.00000216. The third kappa shape index (κ3) is 3.72. The molecular weight excluding hydrogens is 442 g/mol. The number of benzene rings is 1. The first-order valence-corrected chi connectivity index (χ1v) is 12.1. The van der Waals surface area contributed by atoms with Gasteiger partial charge in [0, 0.05) is 25.2 Å². The molecule has 0 saturated heterocycles. The second-order valence-electron chi connectivity index (χ2n) is 9.16. The predicted octanol–water partition coefficient (Wildman–Crippen LogP) is 4.94. The highest BCUT2D eigenvalue weighted by Gasteiger charge is 2.30. The van der Waals surface area contributed by atoms with Crippen molar-refractivity contribution in [2.45, 2.75) is 51.6 Å². The summed E-state index contributed by atoms with van der Waals surface area (Å²) in [6.45, 7) is 6.45. The summed E-state index contributed by atoms with van der Waals surface area (Å²) in [6.07, 6.45) is 4.87. The molecule has 1 aliphatic heterocycles. The third-order valence-electron chi connectivity index (χ3n) is 6.49. The number of aromatic nitrogens is 3. The third-order valence-corrected chi connectivity index (χ3v) is 7.42. The summed E-state index contributed by atoms with van der Waals surface area (Å²) in [7, 11) is 0. The molecular formula is C24H28ClN5OS. The number of thiophene rings is 1. The van der Waals surface area contributed by atoms with E-state index in [-0.39, 0.29) is 24.0 Å². The van der Waals surface area contributed by atoms with Crippen molar-refractivity contribution >= 4 is 50.7 Å². The second kappa shape index (κ2) is 8.21. The molecule has 6 nitrogen and oxygen atoms in total. The van der Waals surface area contributed by atoms with Gasteiger partial charge in [-0.1, -0.05) is 0 Å². The molecule has 0 radical (unpaired) electrons. The van der Waals surface area contributed by atoms with Crippen molar-refractivity contribution in [2.75, 3.05) is 18.4 Å². The summed E-state index contributed by atoms with van der Waals surface area (Å²) in [4.78, 5) is 27.1. The van der Waals surface area contributed by atoms with Crippen molar-refractivity contribution in [1.29, 1.82) is 0 Å². The first-order chi connectivity index (χ1) is 15.1. The van der Waals surface area contributed by atoms with E-state index in [4.69, 9.17) is 4.98 Å². The standard InChI is InChI=1S/C24H27N5OS.ClH/c1-13(2)25-21-20(24(30)28-17-7-10-31-22(17)21)23-26-18-11-14-5-8-29(16-3-4-16)9-6-15(14)12-19(18)27-23;/h7,10-13,16H,3-6,8-9H2,1-2H3,(H,26,27)(H2,25,28,30);1H. The summed E-state index contributed by atoms with van der Waals surface area (Å²) in [5.74, 6) is 0.634. The maximum atomic E-state index is 13.1. The zero-order valence-electron chi connectivity index (χ0n) is 18.3. The van der Waals surface area contributed by atoms with Crippen LogP contribution in [0.5, 0.6) is 0 Å². The van der Waals surface area contributed by atoms with E-state index < -0.39 is 0 Å². The molecule has 0 atom stereocenters. The Labute approximate surface area is 196 Å². The summed E-state index contributed by atoms with van der Waals surface area (Å²) in [5.41, 5.74) is 6.97. The number of hydrogen-bond donors (Lipinski definition) is 3. The van der Waals surface area contributed by atoms with Crippen molar-refractivity contribution in [3.05, 3.63) is 45.1 Å². The molecule has 4 heterocycles. The van der Waals surface area contributed by atoms with Crippen LogP contribution in [0.1, 0.15) is 37.8 Å². The largest absolute Gasteiger partial charge is 0.381 e. The average molecular weight is 470 g/mol. The van der Waals surface area contributed by atoms with Crippen molar-refractivity contribution in [3.63, 3.8) is 0 Å². The van der Waals surface area contributed by atoms with Gasteiger partial charge in [-0.15, -0.1) is 23.7 Å². The van der Waals surface area contributed by atoms with E-state index in [9.17, 15) is 4.79 Å². The Kier molecular flexibility index (Phi) is 5.51. The molecule has 32 heavy (non-hydrogen) atoms. The lowest BCUT2D eigenvalue weighted by Gasteiger charge is -2.18. The van der Waals surface area contributed by atoms with E-state index in [0.29, 0.717) is 11.4 Å². The van der Waals surface area contributed by atoms with Crippen LogP contribution in [0.25, 0.3) is 32.6 Å². The zero-order chi connectivity index (χ0) is 21.1. The first kappa shape index (κ1) is 21.5. The topological polar surface area (TPSA) is 76.8 Å². The molecule has 1 aromatic carbocycles. The van der Waals surface area contributed by atoms with Crippen molar-refractivity contribution < 1.29 is 0 Å². The Morgan fingerprint density at radius 2 is 1.88 bits per heavy atom. The van der Waals surface area contributed by atoms with E-state index in [1.807, 2.05) is 11.4 Å². The summed E-state index contributed by atoms with van der Waals surface area (Å²) >= 11 is 1.63. The maximum absolute atomic E-state index is 13.1. The SMILES string of the molecule is CC(C)Nc1c(-c2nc3cc4c(cc3[nH]2)CCN(C2CC2)CC4)c(=O)[nH]c2ccsc12.Cl. The smallest absolute Gasteiger partial charge is 0.261 e. The first-order valence-electron chi connectivity index (χ1n) is 11.2. The minimum absolute atomic E-state index is 0. The van der Waals surface area contributed by atoms with Gasteiger partial charge in [0.1, 0.15) is 11.4 Å². The number of halogens is 1. The van der Waals surface area contributed by atoms with Gasteiger partial charge in [-0.3, -0.25) is 9.69 Å². The fourth-order valence-electron chi connectivity index (χ4n) is 4.84. The van der Waals surface area contributed by atoms with Crippen LogP contribution in [0.4, 0.5) is 5.69 Å². The number of nitrogens with zero attached hydrogens (tertiary/aromatic N) is 2. The summed E-state index contributed by atoms with van der Waals surface area (Å²) < 4.78 is 1.06. The number of rotatable bonds is 4. The lowest BCUT2D eigenvalue weighted by molar-refractivity contribution is 0.277. The van der Waals surface area contributed by atoms with Gasteiger partial charge in [0.05, 0.1) is 26.9 Å². The number of anilines is 1. The number of aromatic amines is 2. The Hall–Kier alpha value is -2.35. The lowest BCUT2D eigenvalue weighted by Crippen LogP contribution is -2.28. The number of imidazole rings is 1. The number of nitrogens with one attached hydrogen (secondary N) is 3. The van der Waals surface area contributed by atoms with Crippen molar-refractivity contribution in [2.24, 2.45) is 0 Å². The molecule has 0 unspecified atom stereocenters. The van der Waals surface area contributed by atoms with Crippen LogP contribution in [-0.2, 0) is 12.8 Å². The van der Waals surface area contributed by atoms with Crippen LogP contribution in [-0.4, -0.2) is 45.0 Å². The fraction of sp³-hybridized carbons (Fsp3) is 0.417. The highest BCUT2D eigenvalue weighted by molar-refractivity contribution is 7.17. The van der Waals surface area contributed by atoms with Crippen LogP contribution in [0.2, 0.25) is 0 Å². The molecule has 0 bridgehead atoms. The van der Waals surface area contributed by atoms with Crippen molar-refractivity contribution in [3.8, 4) is 11.4 Å². The molecule has 0 amide bonds. The highest BCUT2D eigenvalue weighted by atomic mass is 35.5. The van der Waals surface area contributed by atoms with Gasteiger partial charge in [0.15, 0.2) is 0 Å². The predicted molar refractivity (Wildman–Crippen MR) is 136 cm³/mol. The lowest BCUT2D eigenvalue weighted by atomic mass is 10.0. The van der Waals surface area contributed by atoms with Gasteiger partial charge in [-0.05, 0) is 74.2 Å². The van der Waals surface area contributed by atoms with E-state index in [1.54, 1.807) is 11.3 Å². The normalized spacial score (nSPS) is 16.8. The molecule has 8 heteroatoms. The van der Waals surface area contributed by atoms with Crippen LogP contribution in [0.3, 0.4) is 0 Å². The Bertz CT molecular complexity index is 1300. The number of fused-ring (bicyclic) bond motifs is 3. The van der Waals surface area contributed by atoms with Gasteiger partial charge >= 0.3 is 0 Å². The van der Waals surface area contributed by atoms with Gasteiger partial charge in [0.25, 0.3) is 5.56 Å². The molecule has 2 aliphatic rings. The second-order valence-corrected chi connectivity index (χ2v) is 10.1. The van der Waals surface area contributed by atoms with E-state index in [0.717, 1.165) is 58.9 Å². The zero-order valence-corrected chi connectivity index (χ0v) is 20.0. The molecule has 168 valence electrons. The van der Waals surface area contributed by atoms with Crippen LogP contribution in [0.15, 0.2) is 28.4 Å². The van der Waals surface area contributed by atoms with Crippen LogP contribution < -0.4 is 10.9 Å². The van der Waals surface area contributed by atoms with Gasteiger partial charge in [-0.2, -0.15) is 0 Å². The molecule has 3 aromatic heterocycles. The molecule has 6 rings (SSSR count). The van der Waals surface area contributed by atoms with E-state index in [2.05, 4.69) is 46.2 Å². The minimum atomic E-state index is -0.116. The quantitative estimate of drug-likeness (QED) is 0.395. The molecule has 1 saturated carbocycles. The average Bonchev–Trinajstić information content (AvgIpc) is 3.38. The van der Waals surface area contributed by atoms with Crippen LogP contribution in [0, 0.1) is 0 Å². The number of H-pyrrole nitrogens is 2. The maximum Gasteiger partial charge on any atom is 0.261 e. The van der Waals surface area contributed by atoms with Crippen LogP contribution >= 0.6 is 23.7 Å². The van der Waals surface area contributed by atoms with E-state index in [1.165, 1.54) is 24.0 Å².